The first-order chi connectivity index (χ1) is 13.7. The zero-order chi connectivity index (χ0) is 19.3. The molecule has 142 valence electrons. The van der Waals surface area contributed by atoms with Crippen LogP contribution >= 0.6 is 0 Å². The Labute approximate surface area is 160 Å². The van der Waals surface area contributed by atoms with Crippen molar-refractivity contribution in [2.75, 3.05) is 0 Å². The molecule has 4 rings (SSSR count). The van der Waals surface area contributed by atoms with Gasteiger partial charge in [0.1, 0.15) is 12.4 Å². The Morgan fingerprint density at radius 3 is 2.79 bits per heavy atom. The maximum absolute atomic E-state index is 12.2. The highest BCUT2D eigenvalue weighted by molar-refractivity contribution is 5.89. The van der Waals surface area contributed by atoms with Gasteiger partial charge in [-0.3, -0.25) is 5.10 Å². The van der Waals surface area contributed by atoms with Gasteiger partial charge in [-0.2, -0.15) is 10.1 Å². The maximum Gasteiger partial charge on any atom is 0.338 e. The third-order valence-electron chi connectivity index (χ3n) is 4.15. The van der Waals surface area contributed by atoms with Gasteiger partial charge in [0.2, 0.25) is 11.7 Å². The number of carbonyl (C=O) groups is 1. The smallest absolute Gasteiger partial charge is 0.338 e. The average molecular weight is 378 g/mol. The van der Waals surface area contributed by atoms with E-state index in [2.05, 4.69) is 20.3 Å². The first kappa shape index (κ1) is 17.7. The lowest BCUT2D eigenvalue weighted by atomic mass is 10.2. The van der Waals surface area contributed by atoms with Crippen LogP contribution in [0.4, 0.5) is 0 Å². The molecule has 0 atom stereocenters. The van der Waals surface area contributed by atoms with Crippen molar-refractivity contribution in [1.29, 1.82) is 0 Å². The minimum absolute atomic E-state index is 0.184. The van der Waals surface area contributed by atoms with Crippen molar-refractivity contribution < 1.29 is 18.8 Å². The van der Waals surface area contributed by atoms with Crippen LogP contribution in [0.2, 0.25) is 0 Å². The SMILES string of the molecule is CCc1nc(COc2ccc(C(=O)OCc3ccc4cn[nH]c4c3)cc2)no1. The van der Waals surface area contributed by atoms with Crippen LogP contribution in [0.15, 0.2) is 53.2 Å². The van der Waals surface area contributed by atoms with Gasteiger partial charge in [-0.15, -0.1) is 0 Å². The molecule has 0 spiro atoms. The van der Waals surface area contributed by atoms with Gasteiger partial charge >= 0.3 is 5.97 Å². The number of H-pyrrole nitrogens is 1. The summed E-state index contributed by atoms with van der Waals surface area (Å²) in [7, 11) is 0. The van der Waals surface area contributed by atoms with Gasteiger partial charge in [-0.25, -0.2) is 4.79 Å². The van der Waals surface area contributed by atoms with Crippen molar-refractivity contribution in [3.8, 4) is 5.75 Å². The molecule has 0 aliphatic carbocycles. The number of nitrogens with zero attached hydrogens (tertiary/aromatic N) is 3. The minimum Gasteiger partial charge on any atom is -0.485 e. The molecular weight excluding hydrogens is 360 g/mol. The lowest BCUT2D eigenvalue weighted by Crippen LogP contribution is -2.05. The molecule has 8 heteroatoms. The van der Waals surface area contributed by atoms with E-state index in [4.69, 9.17) is 14.0 Å². The second kappa shape index (κ2) is 7.91. The molecule has 4 aromatic rings. The van der Waals surface area contributed by atoms with Gasteiger partial charge in [0, 0.05) is 11.8 Å². The number of carbonyl (C=O) groups excluding carboxylic acids is 1. The molecule has 0 saturated heterocycles. The Morgan fingerprint density at radius 1 is 1.14 bits per heavy atom. The highest BCUT2D eigenvalue weighted by Gasteiger charge is 2.09. The van der Waals surface area contributed by atoms with E-state index in [0.29, 0.717) is 29.4 Å². The molecule has 0 unspecified atom stereocenters. The molecule has 0 fully saturated rings. The predicted molar refractivity (Wildman–Crippen MR) is 99.7 cm³/mol. The second-order valence-electron chi connectivity index (χ2n) is 6.14. The number of ether oxygens (including phenoxy) is 2. The molecule has 2 aromatic carbocycles. The third kappa shape index (κ3) is 4.01. The number of hydrogen-bond donors (Lipinski definition) is 1. The summed E-state index contributed by atoms with van der Waals surface area (Å²) in [5.41, 5.74) is 2.24. The van der Waals surface area contributed by atoms with Crippen LogP contribution in [0.25, 0.3) is 10.9 Å². The summed E-state index contributed by atoms with van der Waals surface area (Å²) in [6.07, 6.45) is 2.43. The van der Waals surface area contributed by atoms with Crippen LogP contribution in [0, 0.1) is 0 Å². The first-order valence-corrected chi connectivity index (χ1v) is 8.84. The van der Waals surface area contributed by atoms with Crippen molar-refractivity contribution in [1.82, 2.24) is 20.3 Å². The Morgan fingerprint density at radius 2 is 2.00 bits per heavy atom. The number of benzene rings is 2. The number of rotatable bonds is 7. The lowest BCUT2D eigenvalue weighted by molar-refractivity contribution is 0.0473. The van der Waals surface area contributed by atoms with E-state index < -0.39 is 5.97 Å². The van der Waals surface area contributed by atoms with Gasteiger partial charge in [-0.05, 0) is 35.9 Å². The summed E-state index contributed by atoms with van der Waals surface area (Å²) in [6, 6.07) is 12.5. The molecule has 0 aliphatic heterocycles. The van der Waals surface area contributed by atoms with Crippen LogP contribution in [0.1, 0.15) is 34.6 Å². The van der Waals surface area contributed by atoms with Gasteiger partial charge in [0.15, 0.2) is 6.61 Å². The van der Waals surface area contributed by atoms with E-state index in [1.165, 1.54) is 0 Å². The van der Waals surface area contributed by atoms with E-state index in [1.54, 1.807) is 30.5 Å². The summed E-state index contributed by atoms with van der Waals surface area (Å²) in [5.74, 6) is 1.25. The monoisotopic (exact) mass is 378 g/mol. The molecule has 8 nitrogen and oxygen atoms in total. The Kier molecular flexibility index (Phi) is 5.01. The standard InChI is InChI=1S/C20H18N4O4/c1-2-19-22-18(24-28-19)12-26-16-7-5-14(6-8-16)20(25)27-11-13-3-4-15-10-21-23-17(15)9-13/h3-10H,2,11-12H2,1H3,(H,21,23). The fraction of sp³-hybridized carbons (Fsp3) is 0.200. The summed E-state index contributed by atoms with van der Waals surface area (Å²) in [6.45, 7) is 2.32. The number of aromatic nitrogens is 4. The number of fused-ring (bicyclic) bond motifs is 1. The van der Waals surface area contributed by atoms with Crippen LogP contribution in [0.5, 0.6) is 5.75 Å². The quantitative estimate of drug-likeness (QED) is 0.491. The fourth-order valence-electron chi connectivity index (χ4n) is 2.63. The molecule has 2 aromatic heterocycles. The van der Waals surface area contributed by atoms with Crippen molar-refractivity contribution in [2.24, 2.45) is 0 Å². The van der Waals surface area contributed by atoms with E-state index in [-0.39, 0.29) is 13.2 Å². The second-order valence-corrected chi connectivity index (χ2v) is 6.14. The number of esters is 1. The molecule has 0 aliphatic rings. The Hall–Kier alpha value is -3.68. The first-order valence-electron chi connectivity index (χ1n) is 8.84. The Bertz CT molecular complexity index is 1080. The van der Waals surface area contributed by atoms with Gasteiger partial charge in [-0.1, -0.05) is 24.2 Å². The highest BCUT2D eigenvalue weighted by atomic mass is 16.5. The van der Waals surface area contributed by atoms with E-state index in [1.807, 2.05) is 25.1 Å². The van der Waals surface area contributed by atoms with E-state index in [9.17, 15) is 4.79 Å². The largest absolute Gasteiger partial charge is 0.485 e. The summed E-state index contributed by atoms with van der Waals surface area (Å²) in [4.78, 5) is 16.4. The molecule has 0 amide bonds. The molecule has 0 saturated carbocycles. The fourth-order valence-corrected chi connectivity index (χ4v) is 2.63. The van der Waals surface area contributed by atoms with Crippen LogP contribution in [-0.4, -0.2) is 26.3 Å². The van der Waals surface area contributed by atoms with Crippen LogP contribution < -0.4 is 4.74 Å². The van der Waals surface area contributed by atoms with Crippen molar-refractivity contribution in [3.63, 3.8) is 0 Å². The lowest BCUT2D eigenvalue weighted by Gasteiger charge is -2.07. The topological polar surface area (TPSA) is 103 Å². The van der Waals surface area contributed by atoms with Crippen molar-refractivity contribution >= 4 is 16.9 Å². The van der Waals surface area contributed by atoms with Crippen LogP contribution in [-0.2, 0) is 24.4 Å². The number of hydrogen-bond acceptors (Lipinski definition) is 7. The molecular formula is C20H18N4O4. The molecule has 2 heterocycles. The van der Waals surface area contributed by atoms with E-state index >= 15 is 0 Å². The summed E-state index contributed by atoms with van der Waals surface area (Å²) < 4.78 is 16.0. The zero-order valence-electron chi connectivity index (χ0n) is 15.2. The molecule has 1 N–H and O–H groups in total. The molecule has 0 radical (unpaired) electrons. The van der Waals surface area contributed by atoms with E-state index in [0.717, 1.165) is 16.5 Å². The number of aryl methyl sites for hydroxylation is 1. The molecule has 0 bridgehead atoms. The van der Waals surface area contributed by atoms with Crippen LogP contribution in [0.3, 0.4) is 0 Å². The Balaban J connectivity index is 1.31. The maximum atomic E-state index is 12.2. The predicted octanol–water partition coefficient (Wildman–Crippen LogP) is 3.44. The van der Waals surface area contributed by atoms with Crippen molar-refractivity contribution in [3.05, 3.63) is 71.5 Å². The highest BCUT2D eigenvalue weighted by Crippen LogP contribution is 2.16. The summed E-state index contributed by atoms with van der Waals surface area (Å²) in [5, 5.41) is 11.7. The van der Waals surface area contributed by atoms with Gasteiger partial charge in [0.05, 0.1) is 17.3 Å². The summed E-state index contributed by atoms with van der Waals surface area (Å²) >= 11 is 0. The van der Waals surface area contributed by atoms with Gasteiger partial charge in [0.25, 0.3) is 0 Å². The average Bonchev–Trinajstić information content (AvgIpc) is 3.39. The molecule has 28 heavy (non-hydrogen) atoms. The van der Waals surface area contributed by atoms with Crippen molar-refractivity contribution in [2.45, 2.75) is 26.6 Å². The number of nitrogens with one attached hydrogen (secondary N) is 1. The normalized spacial score (nSPS) is 10.9. The third-order valence-corrected chi connectivity index (χ3v) is 4.15. The van der Waals surface area contributed by atoms with Gasteiger partial charge < -0.3 is 14.0 Å². The zero-order valence-corrected chi connectivity index (χ0v) is 15.2. The minimum atomic E-state index is -0.401. The number of aromatic amines is 1.